The van der Waals surface area contributed by atoms with Crippen molar-refractivity contribution in [3.63, 3.8) is 0 Å². The molecule has 1 aromatic heterocycles. The van der Waals surface area contributed by atoms with Crippen molar-refractivity contribution in [1.29, 1.82) is 5.26 Å². The van der Waals surface area contributed by atoms with Crippen molar-refractivity contribution in [3.8, 4) is 6.07 Å². The predicted molar refractivity (Wildman–Crippen MR) is 123 cm³/mol. The van der Waals surface area contributed by atoms with E-state index in [4.69, 9.17) is 9.97 Å². The highest BCUT2D eigenvalue weighted by Crippen LogP contribution is 2.24. The Kier molecular flexibility index (Phi) is 6.94. The summed E-state index contributed by atoms with van der Waals surface area (Å²) in [7, 11) is 0. The van der Waals surface area contributed by atoms with Crippen LogP contribution in [0.25, 0.3) is 0 Å². The molecule has 1 aliphatic rings. The van der Waals surface area contributed by atoms with Crippen molar-refractivity contribution in [2.75, 3.05) is 29.9 Å². The van der Waals surface area contributed by atoms with Gasteiger partial charge < -0.3 is 15.5 Å². The van der Waals surface area contributed by atoms with Crippen LogP contribution in [0.2, 0.25) is 0 Å². The minimum Gasteiger partial charge on any atom is -0.355 e. The van der Waals surface area contributed by atoms with E-state index in [1.807, 2.05) is 25.1 Å². The van der Waals surface area contributed by atoms with Crippen LogP contribution in [-0.2, 0) is 6.42 Å². The third-order valence-corrected chi connectivity index (χ3v) is 5.32. The Balaban J connectivity index is 1.77. The number of hydrogen-bond acceptors (Lipinski definition) is 6. The quantitative estimate of drug-likeness (QED) is 0.701. The normalized spacial score (nSPS) is 16.5. The van der Waals surface area contributed by atoms with Gasteiger partial charge in [0.15, 0.2) is 0 Å². The maximum Gasteiger partial charge on any atom is 0.229 e. The number of hydrogen-bond donors (Lipinski definition) is 2. The number of nitrogens with one attached hydrogen (secondary N) is 2. The first-order valence-corrected chi connectivity index (χ1v) is 10.9. The summed E-state index contributed by atoms with van der Waals surface area (Å²) in [5.41, 5.74) is 3.79. The molecule has 6 nitrogen and oxygen atoms in total. The summed E-state index contributed by atoms with van der Waals surface area (Å²) in [5.74, 6) is 1.57. The molecule has 2 heterocycles. The fraction of sp³-hybridized carbons (Fsp3) is 0.542. The zero-order valence-corrected chi connectivity index (χ0v) is 18.9. The molecule has 1 saturated heterocycles. The minimum atomic E-state index is 0.282. The molecule has 2 aromatic rings. The van der Waals surface area contributed by atoms with E-state index in [9.17, 15) is 5.26 Å². The Morgan fingerprint density at radius 1 is 1.23 bits per heavy atom. The van der Waals surface area contributed by atoms with E-state index in [-0.39, 0.29) is 5.41 Å². The van der Waals surface area contributed by atoms with Crippen LogP contribution >= 0.6 is 0 Å². The zero-order valence-electron chi connectivity index (χ0n) is 18.9. The van der Waals surface area contributed by atoms with Crippen molar-refractivity contribution >= 4 is 17.5 Å². The van der Waals surface area contributed by atoms with Crippen LogP contribution < -0.4 is 15.5 Å². The van der Waals surface area contributed by atoms with E-state index in [2.05, 4.69) is 55.4 Å². The molecule has 0 saturated carbocycles. The Labute approximate surface area is 180 Å². The van der Waals surface area contributed by atoms with Gasteiger partial charge in [-0.2, -0.15) is 10.2 Å². The van der Waals surface area contributed by atoms with Gasteiger partial charge in [0.05, 0.1) is 11.6 Å². The number of benzene rings is 1. The third-order valence-electron chi connectivity index (χ3n) is 5.32. The molecule has 0 radical (unpaired) electrons. The topological polar surface area (TPSA) is 76.9 Å². The summed E-state index contributed by atoms with van der Waals surface area (Å²) in [6.07, 6.45) is 3.07. The standard InChI is InChI=1S/C24H34N6/c1-6-7-19-13-22(30-11-10-21(15-30)26-16-24(3,4)5)29-23(27-19)28-20-9-8-17(2)18(12-20)14-25/h8-9,12-13,21,26H,6-7,10-11,15-16H2,1-5H3,(H,27,28,29)/t21-/m0/s1. The van der Waals surface area contributed by atoms with Crippen LogP contribution in [0.5, 0.6) is 0 Å². The van der Waals surface area contributed by atoms with Crippen LogP contribution in [0.3, 0.4) is 0 Å². The third kappa shape index (κ3) is 5.93. The fourth-order valence-corrected chi connectivity index (χ4v) is 3.62. The molecule has 0 aliphatic carbocycles. The molecule has 0 amide bonds. The van der Waals surface area contributed by atoms with Gasteiger partial charge in [-0.1, -0.05) is 40.2 Å². The van der Waals surface area contributed by atoms with Gasteiger partial charge in [0.25, 0.3) is 0 Å². The smallest absolute Gasteiger partial charge is 0.229 e. The van der Waals surface area contributed by atoms with E-state index < -0.39 is 0 Å². The van der Waals surface area contributed by atoms with Gasteiger partial charge in [-0.25, -0.2) is 4.98 Å². The molecular weight excluding hydrogens is 372 g/mol. The lowest BCUT2D eigenvalue weighted by Gasteiger charge is -2.23. The fourth-order valence-electron chi connectivity index (χ4n) is 3.62. The molecule has 3 rings (SSSR count). The lowest BCUT2D eigenvalue weighted by Crippen LogP contribution is -2.37. The molecule has 6 heteroatoms. The minimum absolute atomic E-state index is 0.282. The lowest BCUT2D eigenvalue weighted by molar-refractivity contribution is 0.357. The molecule has 0 unspecified atom stereocenters. The lowest BCUT2D eigenvalue weighted by atomic mass is 9.96. The average molecular weight is 407 g/mol. The number of aromatic nitrogens is 2. The summed E-state index contributed by atoms with van der Waals surface area (Å²) in [5, 5.41) is 16.3. The van der Waals surface area contributed by atoms with Crippen LogP contribution in [0.1, 0.15) is 57.4 Å². The van der Waals surface area contributed by atoms with E-state index in [1.54, 1.807) is 0 Å². The first-order chi connectivity index (χ1) is 14.3. The zero-order chi connectivity index (χ0) is 21.7. The van der Waals surface area contributed by atoms with Gasteiger partial charge in [0.2, 0.25) is 5.95 Å². The molecule has 1 fully saturated rings. The molecule has 30 heavy (non-hydrogen) atoms. The molecular formula is C24H34N6. The Morgan fingerprint density at radius 3 is 2.73 bits per heavy atom. The average Bonchev–Trinajstić information content (AvgIpc) is 3.17. The molecule has 2 N–H and O–H groups in total. The second-order valence-electron chi connectivity index (χ2n) is 9.43. The number of rotatable bonds is 7. The second-order valence-corrected chi connectivity index (χ2v) is 9.43. The van der Waals surface area contributed by atoms with Crippen LogP contribution in [0, 0.1) is 23.7 Å². The van der Waals surface area contributed by atoms with Gasteiger partial charge in [0.1, 0.15) is 5.82 Å². The van der Waals surface area contributed by atoms with E-state index in [1.165, 1.54) is 0 Å². The Morgan fingerprint density at radius 2 is 2.03 bits per heavy atom. The maximum atomic E-state index is 9.31. The van der Waals surface area contributed by atoms with Crippen molar-refractivity contribution < 1.29 is 0 Å². The van der Waals surface area contributed by atoms with Crippen molar-refractivity contribution in [2.45, 2.75) is 59.9 Å². The summed E-state index contributed by atoms with van der Waals surface area (Å²) >= 11 is 0. The van der Waals surface area contributed by atoms with Crippen molar-refractivity contribution in [3.05, 3.63) is 41.1 Å². The SMILES string of the molecule is CCCc1cc(N2CC[C@H](NCC(C)(C)C)C2)nc(Nc2ccc(C)c(C#N)c2)n1. The van der Waals surface area contributed by atoms with Crippen LogP contribution in [-0.4, -0.2) is 35.6 Å². The molecule has 1 aromatic carbocycles. The first kappa shape index (κ1) is 22.0. The number of nitrogens with zero attached hydrogens (tertiary/aromatic N) is 4. The van der Waals surface area contributed by atoms with Gasteiger partial charge in [-0.05, 0) is 42.9 Å². The monoisotopic (exact) mass is 406 g/mol. The first-order valence-electron chi connectivity index (χ1n) is 10.9. The Hall–Kier alpha value is -2.65. The summed E-state index contributed by atoms with van der Waals surface area (Å²) in [6, 6.07) is 10.6. The maximum absolute atomic E-state index is 9.31. The summed E-state index contributed by atoms with van der Waals surface area (Å²) < 4.78 is 0. The highest BCUT2D eigenvalue weighted by molar-refractivity contribution is 5.59. The Bertz CT molecular complexity index is 909. The molecule has 1 atom stereocenters. The van der Waals surface area contributed by atoms with E-state index in [0.717, 1.165) is 61.7 Å². The van der Waals surface area contributed by atoms with Crippen molar-refractivity contribution in [2.24, 2.45) is 5.41 Å². The number of aryl methyl sites for hydroxylation is 2. The molecule has 0 spiro atoms. The van der Waals surface area contributed by atoms with E-state index in [0.29, 0.717) is 17.6 Å². The second kappa shape index (κ2) is 9.44. The molecule has 1 aliphatic heterocycles. The van der Waals surface area contributed by atoms with Crippen LogP contribution in [0.15, 0.2) is 24.3 Å². The molecule has 0 bridgehead atoms. The highest BCUT2D eigenvalue weighted by Gasteiger charge is 2.25. The van der Waals surface area contributed by atoms with E-state index >= 15 is 0 Å². The summed E-state index contributed by atoms with van der Waals surface area (Å²) in [6.45, 7) is 13.8. The number of nitriles is 1. The van der Waals surface area contributed by atoms with Gasteiger partial charge in [-0.15, -0.1) is 0 Å². The van der Waals surface area contributed by atoms with Gasteiger partial charge in [0, 0.05) is 43.1 Å². The predicted octanol–water partition coefficient (Wildman–Crippen LogP) is 4.57. The van der Waals surface area contributed by atoms with Gasteiger partial charge >= 0.3 is 0 Å². The summed E-state index contributed by atoms with van der Waals surface area (Å²) in [4.78, 5) is 11.9. The van der Waals surface area contributed by atoms with Crippen molar-refractivity contribution in [1.82, 2.24) is 15.3 Å². The number of anilines is 3. The van der Waals surface area contributed by atoms with Gasteiger partial charge in [-0.3, -0.25) is 0 Å². The molecule has 160 valence electrons. The van der Waals surface area contributed by atoms with Crippen LogP contribution in [0.4, 0.5) is 17.5 Å². The largest absolute Gasteiger partial charge is 0.355 e. The highest BCUT2D eigenvalue weighted by atomic mass is 15.3.